The quantitative estimate of drug-likeness (QED) is 0.742. The molecule has 0 N–H and O–H groups in total. The van der Waals surface area contributed by atoms with Gasteiger partial charge >= 0.3 is 5.97 Å². The van der Waals surface area contributed by atoms with Crippen molar-refractivity contribution >= 4 is 16.0 Å². The number of benzene rings is 1. The molecule has 1 aliphatic heterocycles. The summed E-state index contributed by atoms with van der Waals surface area (Å²) in [5, 5.41) is 8.86. The van der Waals surface area contributed by atoms with Crippen LogP contribution in [0.4, 0.5) is 0 Å². The number of sulfonamides is 1. The van der Waals surface area contributed by atoms with Crippen molar-refractivity contribution in [1.82, 2.24) is 13.9 Å². The molecule has 0 amide bonds. The fourth-order valence-electron chi connectivity index (χ4n) is 2.85. The first-order chi connectivity index (χ1) is 11.9. The van der Waals surface area contributed by atoms with Crippen LogP contribution in [0.25, 0.3) is 0 Å². The average molecular weight is 360 g/mol. The lowest BCUT2D eigenvalue weighted by molar-refractivity contribution is -0.145. The summed E-state index contributed by atoms with van der Waals surface area (Å²) in [6, 6.07) is 6.55. The van der Waals surface area contributed by atoms with Crippen molar-refractivity contribution in [1.29, 1.82) is 5.26 Å². The molecule has 0 spiro atoms. The molecule has 0 fully saturated rings. The summed E-state index contributed by atoms with van der Waals surface area (Å²) >= 11 is 0. The van der Waals surface area contributed by atoms with Crippen LogP contribution in [-0.2, 0) is 39.6 Å². The Balaban J connectivity index is 2.06. The summed E-state index contributed by atoms with van der Waals surface area (Å²) in [5.74, 6) is -0.631. The molecule has 1 aromatic heterocycles. The average Bonchev–Trinajstić information content (AvgIpc) is 3.00. The van der Waals surface area contributed by atoms with Gasteiger partial charge in [0.15, 0.2) is 0 Å². The van der Waals surface area contributed by atoms with E-state index >= 15 is 0 Å². The van der Waals surface area contributed by atoms with Crippen molar-refractivity contribution in [2.24, 2.45) is 7.05 Å². The van der Waals surface area contributed by atoms with Gasteiger partial charge in [0, 0.05) is 13.5 Å². The number of ether oxygens (including phenoxy) is 1. The van der Waals surface area contributed by atoms with Gasteiger partial charge in [0.25, 0.3) is 0 Å². The number of nitriles is 1. The van der Waals surface area contributed by atoms with Crippen molar-refractivity contribution in [3.63, 3.8) is 0 Å². The van der Waals surface area contributed by atoms with Crippen LogP contribution in [0, 0.1) is 11.3 Å². The molecule has 0 saturated heterocycles. The van der Waals surface area contributed by atoms with Gasteiger partial charge in [0.05, 0.1) is 47.9 Å². The van der Waals surface area contributed by atoms with Crippen LogP contribution in [0.15, 0.2) is 35.5 Å². The second kappa shape index (κ2) is 6.31. The Morgan fingerprint density at radius 2 is 2.04 bits per heavy atom. The number of carbonyl (C=O) groups excluding carboxylic acids is 1. The van der Waals surface area contributed by atoms with Crippen molar-refractivity contribution in [3.8, 4) is 6.07 Å². The van der Waals surface area contributed by atoms with Gasteiger partial charge in [-0.2, -0.15) is 9.57 Å². The minimum atomic E-state index is -3.95. The first-order valence-corrected chi connectivity index (χ1v) is 8.91. The molecule has 8 nitrogen and oxygen atoms in total. The highest BCUT2D eigenvalue weighted by atomic mass is 32.2. The van der Waals surface area contributed by atoms with Gasteiger partial charge in [-0.1, -0.05) is 0 Å². The smallest absolute Gasteiger partial charge is 0.324 e. The summed E-state index contributed by atoms with van der Waals surface area (Å²) in [6.07, 6.45) is 1.75. The number of carbonyl (C=O) groups is 1. The van der Waals surface area contributed by atoms with Crippen molar-refractivity contribution in [2.75, 3.05) is 7.11 Å². The predicted molar refractivity (Wildman–Crippen MR) is 86.6 cm³/mol. The molecule has 1 unspecified atom stereocenters. The molecule has 0 aliphatic carbocycles. The molecule has 9 heteroatoms. The highest BCUT2D eigenvalue weighted by molar-refractivity contribution is 7.89. The maximum Gasteiger partial charge on any atom is 0.324 e. The van der Waals surface area contributed by atoms with Crippen molar-refractivity contribution < 1.29 is 17.9 Å². The minimum absolute atomic E-state index is 0.0195. The van der Waals surface area contributed by atoms with Gasteiger partial charge in [-0.15, -0.1) is 0 Å². The van der Waals surface area contributed by atoms with Crippen LogP contribution < -0.4 is 0 Å². The number of imidazole rings is 1. The summed E-state index contributed by atoms with van der Waals surface area (Å²) < 4.78 is 33.8. The monoisotopic (exact) mass is 360 g/mol. The highest BCUT2D eigenvalue weighted by Crippen LogP contribution is 2.29. The van der Waals surface area contributed by atoms with E-state index in [0.717, 1.165) is 10.00 Å². The highest BCUT2D eigenvalue weighted by Gasteiger charge is 2.41. The molecule has 0 bridgehead atoms. The summed E-state index contributed by atoms with van der Waals surface area (Å²) in [5.41, 5.74) is 1.78. The Morgan fingerprint density at radius 3 is 2.64 bits per heavy atom. The minimum Gasteiger partial charge on any atom is -0.468 e. The van der Waals surface area contributed by atoms with E-state index in [4.69, 9.17) is 10.00 Å². The number of fused-ring (bicyclic) bond motifs is 1. The number of methoxy groups -OCH3 is 1. The van der Waals surface area contributed by atoms with Crippen molar-refractivity contribution in [2.45, 2.75) is 23.9 Å². The van der Waals surface area contributed by atoms with Crippen LogP contribution in [-0.4, -0.2) is 41.4 Å². The Kier molecular flexibility index (Phi) is 4.32. The number of esters is 1. The molecule has 130 valence electrons. The summed E-state index contributed by atoms with van der Waals surface area (Å²) in [7, 11) is -0.947. The topological polar surface area (TPSA) is 105 Å². The number of hydrogen-bond donors (Lipinski definition) is 0. The third kappa shape index (κ3) is 2.90. The molecule has 1 atom stereocenters. The van der Waals surface area contributed by atoms with Crippen LogP contribution >= 0.6 is 0 Å². The third-order valence-electron chi connectivity index (χ3n) is 4.25. The fourth-order valence-corrected chi connectivity index (χ4v) is 4.39. The largest absolute Gasteiger partial charge is 0.468 e. The molecule has 0 radical (unpaired) electrons. The second-order valence-electron chi connectivity index (χ2n) is 5.68. The number of aryl methyl sites for hydroxylation is 1. The van der Waals surface area contributed by atoms with Gasteiger partial charge in [-0.3, -0.25) is 4.79 Å². The van der Waals surface area contributed by atoms with Crippen LogP contribution in [0.2, 0.25) is 0 Å². The van der Waals surface area contributed by atoms with E-state index in [1.165, 1.54) is 31.4 Å². The summed E-state index contributed by atoms with van der Waals surface area (Å²) in [6.45, 7) is 0.0218. The maximum absolute atomic E-state index is 13.1. The molecule has 3 rings (SSSR count). The summed E-state index contributed by atoms with van der Waals surface area (Å²) in [4.78, 5) is 16.4. The zero-order valence-electron chi connectivity index (χ0n) is 13.7. The third-order valence-corrected chi connectivity index (χ3v) is 6.12. The lowest BCUT2D eigenvalue weighted by Crippen LogP contribution is -2.49. The van der Waals surface area contributed by atoms with Gasteiger partial charge in [0.1, 0.15) is 6.04 Å². The van der Waals surface area contributed by atoms with E-state index in [-0.39, 0.29) is 17.9 Å². The number of hydrogen-bond acceptors (Lipinski definition) is 6. The molecule has 1 aromatic carbocycles. The van der Waals surface area contributed by atoms with Crippen LogP contribution in [0.3, 0.4) is 0 Å². The molecular weight excluding hydrogens is 344 g/mol. The normalized spacial score (nSPS) is 17.6. The maximum atomic E-state index is 13.1. The molecule has 25 heavy (non-hydrogen) atoms. The Hall–Kier alpha value is -2.70. The van der Waals surface area contributed by atoms with E-state index in [0.29, 0.717) is 11.3 Å². The SMILES string of the molecule is COC(=O)C1Cc2ncn(C)c2CN1S(=O)(=O)c1ccc(C#N)cc1. The standard InChI is InChI=1S/C16H16N4O4S/c1-19-10-18-13-7-14(16(21)24-2)20(9-15(13)19)25(22,23)12-5-3-11(8-17)4-6-12/h3-6,10,14H,7,9H2,1-2H3. The zero-order chi connectivity index (χ0) is 18.2. The van der Waals surface area contributed by atoms with Crippen LogP contribution in [0.1, 0.15) is 17.0 Å². The second-order valence-corrected chi connectivity index (χ2v) is 7.57. The van der Waals surface area contributed by atoms with E-state index in [2.05, 4.69) is 4.98 Å². The Bertz CT molecular complexity index is 957. The first-order valence-electron chi connectivity index (χ1n) is 7.47. The van der Waals surface area contributed by atoms with Gasteiger partial charge in [-0.05, 0) is 24.3 Å². The van der Waals surface area contributed by atoms with E-state index in [1.807, 2.05) is 6.07 Å². The van der Waals surface area contributed by atoms with E-state index < -0.39 is 22.0 Å². The van der Waals surface area contributed by atoms with E-state index in [9.17, 15) is 13.2 Å². The lowest BCUT2D eigenvalue weighted by atomic mass is 10.1. The number of aromatic nitrogens is 2. The molecule has 2 aromatic rings. The lowest BCUT2D eigenvalue weighted by Gasteiger charge is -2.32. The predicted octanol–water partition coefficient (Wildman–Crippen LogP) is 0.580. The first kappa shape index (κ1) is 17.1. The van der Waals surface area contributed by atoms with Gasteiger partial charge in [0.2, 0.25) is 10.0 Å². The Labute approximate surface area is 145 Å². The molecule has 2 heterocycles. The van der Waals surface area contributed by atoms with Crippen LogP contribution in [0.5, 0.6) is 0 Å². The van der Waals surface area contributed by atoms with Gasteiger partial charge < -0.3 is 9.30 Å². The Morgan fingerprint density at radius 1 is 1.36 bits per heavy atom. The zero-order valence-corrected chi connectivity index (χ0v) is 14.5. The molecule has 0 saturated carbocycles. The molecule has 1 aliphatic rings. The number of nitrogens with zero attached hydrogens (tertiary/aromatic N) is 4. The van der Waals surface area contributed by atoms with Gasteiger partial charge in [-0.25, -0.2) is 13.4 Å². The number of rotatable bonds is 3. The van der Waals surface area contributed by atoms with Crippen molar-refractivity contribution in [3.05, 3.63) is 47.5 Å². The fraction of sp³-hybridized carbons (Fsp3) is 0.312. The molecular formula is C16H16N4O4S. The van der Waals surface area contributed by atoms with E-state index in [1.54, 1.807) is 17.9 Å².